The molecule has 2 N–H and O–H groups in total. The Morgan fingerprint density at radius 3 is 2.73 bits per heavy atom. The van der Waals surface area contributed by atoms with Crippen LogP contribution in [-0.2, 0) is 21.3 Å². The third-order valence-corrected chi connectivity index (χ3v) is 5.94. The highest BCUT2D eigenvalue weighted by atomic mass is 16.6. The predicted molar refractivity (Wildman–Crippen MR) is 125 cm³/mol. The number of aromatic amines is 1. The molecule has 7 nitrogen and oxygen atoms in total. The van der Waals surface area contributed by atoms with Crippen molar-refractivity contribution in [2.45, 2.75) is 31.5 Å². The van der Waals surface area contributed by atoms with Crippen molar-refractivity contribution < 1.29 is 19.1 Å². The fraction of sp³-hybridized carbons (Fsp3) is 0.231. The summed E-state index contributed by atoms with van der Waals surface area (Å²) in [6.07, 6.45) is 0.640. The maximum Gasteiger partial charge on any atom is 0.413 e. The lowest BCUT2D eigenvalue weighted by Crippen LogP contribution is -2.18. The molecule has 2 aromatic carbocycles. The van der Waals surface area contributed by atoms with Gasteiger partial charge in [0.25, 0.3) is 6.47 Å². The summed E-state index contributed by atoms with van der Waals surface area (Å²) < 4.78 is 12.4. The van der Waals surface area contributed by atoms with Gasteiger partial charge >= 0.3 is 6.09 Å². The van der Waals surface area contributed by atoms with Crippen LogP contribution in [0.25, 0.3) is 22.0 Å². The van der Waals surface area contributed by atoms with Gasteiger partial charge in [-0.15, -0.1) is 0 Å². The molecule has 1 amide bonds. The molecular weight excluding hydrogens is 418 g/mol. The summed E-state index contributed by atoms with van der Waals surface area (Å²) in [5.74, 6) is 6.81. The number of aromatic nitrogens is 2. The maximum atomic E-state index is 12.6. The number of hydrogen-bond donors (Lipinski definition) is 2. The van der Waals surface area contributed by atoms with Gasteiger partial charge in [0.05, 0.1) is 5.69 Å². The van der Waals surface area contributed by atoms with E-state index in [0.717, 1.165) is 46.0 Å². The molecule has 3 aliphatic rings. The van der Waals surface area contributed by atoms with Gasteiger partial charge in [-0.1, -0.05) is 42.3 Å². The van der Waals surface area contributed by atoms with E-state index in [1.54, 1.807) is 4.68 Å². The molecule has 166 valence electrons. The van der Waals surface area contributed by atoms with Crippen LogP contribution in [0.2, 0.25) is 0 Å². The quantitative estimate of drug-likeness (QED) is 0.338. The van der Waals surface area contributed by atoms with E-state index in [-0.39, 0.29) is 6.10 Å². The first-order chi connectivity index (χ1) is 16.0. The maximum absolute atomic E-state index is 12.6. The van der Waals surface area contributed by atoms with E-state index in [9.17, 15) is 9.59 Å². The average molecular weight is 441 g/mol. The number of ether oxygens (including phenoxy) is 2. The van der Waals surface area contributed by atoms with Crippen molar-refractivity contribution in [3.63, 3.8) is 0 Å². The van der Waals surface area contributed by atoms with Crippen LogP contribution in [0.1, 0.15) is 37.0 Å². The van der Waals surface area contributed by atoms with Gasteiger partial charge in [0, 0.05) is 31.0 Å². The normalized spacial score (nSPS) is 14.8. The first-order valence-corrected chi connectivity index (χ1v) is 10.8. The number of anilines is 1. The Balaban J connectivity index is 1.39. The Morgan fingerprint density at radius 1 is 1.21 bits per heavy atom. The van der Waals surface area contributed by atoms with Crippen LogP contribution in [0, 0.1) is 11.8 Å². The number of aryl methyl sites for hydroxylation is 1. The highest BCUT2D eigenvalue weighted by molar-refractivity contribution is 6.08. The molecule has 0 spiro atoms. The first-order valence-electron chi connectivity index (χ1n) is 10.8. The van der Waals surface area contributed by atoms with Crippen LogP contribution in [-0.4, -0.2) is 27.9 Å². The number of rotatable bonds is 5. The van der Waals surface area contributed by atoms with Crippen LogP contribution >= 0.6 is 0 Å². The number of H-pyrrole nitrogens is 1. The third-order valence-electron chi connectivity index (χ3n) is 5.94. The highest BCUT2D eigenvalue weighted by Crippen LogP contribution is 2.40. The molecule has 1 atom stereocenters. The highest BCUT2D eigenvalue weighted by Gasteiger charge is 2.43. The predicted octanol–water partition coefficient (Wildman–Crippen LogP) is 4.98. The number of nitrogens with one attached hydrogen (secondary N) is 2. The van der Waals surface area contributed by atoms with Gasteiger partial charge < -0.3 is 9.47 Å². The number of carbonyl (C=O) groups excluding carboxylic acids is 2. The zero-order chi connectivity index (χ0) is 23.0. The fourth-order valence-electron chi connectivity index (χ4n) is 4.00. The van der Waals surface area contributed by atoms with Gasteiger partial charge in [0.1, 0.15) is 11.9 Å². The van der Waals surface area contributed by atoms with Crippen molar-refractivity contribution in [2.75, 3.05) is 5.32 Å². The molecule has 1 unspecified atom stereocenters. The minimum atomic E-state index is -0.614. The summed E-state index contributed by atoms with van der Waals surface area (Å²) in [6.45, 7) is 2.30. The third kappa shape index (κ3) is 4.03. The molecule has 7 heteroatoms. The van der Waals surface area contributed by atoms with Crippen LogP contribution in [0.4, 0.5) is 10.6 Å². The van der Waals surface area contributed by atoms with E-state index in [1.165, 1.54) is 0 Å². The van der Waals surface area contributed by atoms with E-state index in [2.05, 4.69) is 22.3 Å². The summed E-state index contributed by atoms with van der Waals surface area (Å²) in [4.78, 5) is 23.3. The Labute approximate surface area is 191 Å². The molecule has 1 saturated carbocycles. The lowest BCUT2D eigenvalue weighted by molar-refractivity contribution is -0.132. The van der Waals surface area contributed by atoms with Crippen LogP contribution in [0.5, 0.6) is 0 Å². The molecular formula is C26H23N3O4. The van der Waals surface area contributed by atoms with Crippen molar-refractivity contribution in [2.24, 2.45) is 7.05 Å². The van der Waals surface area contributed by atoms with E-state index in [0.29, 0.717) is 12.3 Å². The molecule has 2 aliphatic carbocycles. The van der Waals surface area contributed by atoms with Crippen molar-refractivity contribution in [1.82, 2.24) is 9.78 Å². The zero-order valence-electron chi connectivity index (χ0n) is 18.3. The van der Waals surface area contributed by atoms with Gasteiger partial charge in [-0.25, -0.2) is 4.79 Å². The van der Waals surface area contributed by atoms with Gasteiger partial charge in [-0.3, -0.25) is 19.9 Å². The van der Waals surface area contributed by atoms with Gasteiger partial charge in [0.15, 0.2) is 5.60 Å². The van der Waals surface area contributed by atoms with E-state index >= 15 is 0 Å². The van der Waals surface area contributed by atoms with Crippen LogP contribution in [0.3, 0.4) is 0 Å². The topological polar surface area (TPSA) is 85.3 Å². The molecule has 5 rings (SSSR count). The van der Waals surface area contributed by atoms with E-state index < -0.39 is 11.7 Å². The van der Waals surface area contributed by atoms with Crippen molar-refractivity contribution in [3.05, 3.63) is 65.7 Å². The van der Waals surface area contributed by atoms with Gasteiger partial charge in [-0.2, -0.15) is 0 Å². The molecule has 0 radical (unpaired) electrons. The van der Waals surface area contributed by atoms with Crippen molar-refractivity contribution in [3.8, 4) is 23.1 Å². The molecule has 0 saturated heterocycles. The number of fused-ring (bicyclic) bond motifs is 3. The zero-order valence-corrected chi connectivity index (χ0v) is 18.3. The van der Waals surface area contributed by atoms with Gasteiger partial charge in [0.2, 0.25) is 0 Å². The average Bonchev–Trinajstić information content (AvgIpc) is 3.40. The monoisotopic (exact) mass is 441 g/mol. The summed E-state index contributed by atoms with van der Waals surface area (Å²) in [5, 5.41) is 8.14. The Hall–Kier alpha value is -4.18. The fourth-order valence-corrected chi connectivity index (χ4v) is 4.00. The second kappa shape index (κ2) is 8.06. The second-order valence-electron chi connectivity index (χ2n) is 8.30. The summed E-state index contributed by atoms with van der Waals surface area (Å²) in [5.41, 5.74) is 2.95. The molecule has 0 aromatic heterocycles. The summed E-state index contributed by atoms with van der Waals surface area (Å²) >= 11 is 0. The Morgan fingerprint density at radius 2 is 2.00 bits per heavy atom. The van der Waals surface area contributed by atoms with Crippen LogP contribution in [0.15, 0.2) is 54.6 Å². The summed E-state index contributed by atoms with van der Waals surface area (Å²) in [6, 6.07) is 17.5. The minimum absolute atomic E-state index is 0.374. The Bertz CT molecular complexity index is 1370. The summed E-state index contributed by atoms with van der Waals surface area (Å²) in [7, 11) is 1.84. The SMILES string of the molecule is CC(OC(=O)Nc1c2c3ccc(C#CC4(OC=O)CC4)cc3cc-2[nH]n1C)c1ccccc1. The smallest absolute Gasteiger partial charge is 0.413 e. The molecule has 1 aliphatic heterocycles. The molecule has 0 bridgehead atoms. The number of hydrogen-bond acceptors (Lipinski definition) is 4. The number of amides is 1. The number of nitrogens with zero attached hydrogens (tertiary/aromatic N) is 1. The minimum Gasteiger partial charge on any atom is -0.448 e. The number of benzene rings is 2. The molecule has 33 heavy (non-hydrogen) atoms. The molecule has 2 aromatic rings. The van der Waals surface area contributed by atoms with Crippen molar-refractivity contribution >= 4 is 29.2 Å². The van der Waals surface area contributed by atoms with E-state index in [1.807, 2.05) is 68.6 Å². The number of carbonyl (C=O) groups is 2. The lowest BCUT2D eigenvalue weighted by atomic mass is 10.1. The van der Waals surface area contributed by atoms with E-state index in [4.69, 9.17) is 9.47 Å². The lowest BCUT2D eigenvalue weighted by Gasteiger charge is -2.14. The largest absolute Gasteiger partial charge is 0.448 e. The second-order valence-corrected chi connectivity index (χ2v) is 8.30. The Kier molecular flexibility index (Phi) is 5.06. The first kappa shape index (κ1) is 20.7. The van der Waals surface area contributed by atoms with Crippen LogP contribution < -0.4 is 5.32 Å². The van der Waals surface area contributed by atoms with Gasteiger partial charge in [-0.05, 0) is 47.4 Å². The van der Waals surface area contributed by atoms with Crippen molar-refractivity contribution in [1.29, 1.82) is 0 Å². The molecule has 1 heterocycles. The molecule has 1 fully saturated rings. The standard InChI is InChI=1S/C26H23N3O4/c1-17(19-6-4-3-5-7-19)33-25(31)27-24-23-21-9-8-18(10-11-26(12-13-26)32-16-30)14-20(21)15-22(23)28-29(24)2/h3-9,14-17,28H,12-13H2,1-2H3,(H,27,31).